The van der Waals surface area contributed by atoms with Crippen LogP contribution >= 0.6 is 0 Å². The summed E-state index contributed by atoms with van der Waals surface area (Å²) in [5.74, 6) is 1.34. The Bertz CT molecular complexity index is 870. The number of rotatable bonds is 7. The molecule has 0 saturated carbocycles. The van der Waals surface area contributed by atoms with E-state index in [1.807, 2.05) is 55.5 Å². The number of H-pyrrole nitrogens is 1. The maximum Gasteiger partial charge on any atom is 0.224 e. The molecule has 0 aliphatic heterocycles. The lowest BCUT2D eigenvalue weighted by Crippen LogP contribution is -2.29. The molecule has 2 aromatic carbocycles. The molecule has 0 aliphatic rings. The summed E-state index contributed by atoms with van der Waals surface area (Å²) in [6.45, 7) is 2.82. The van der Waals surface area contributed by atoms with Crippen LogP contribution in [-0.2, 0) is 11.2 Å². The van der Waals surface area contributed by atoms with Gasteiger partial charge in [0.1, 0.15) is 6.61 Å². The number of carbonyl (C=O) groups excluding carboxylic acids is 1. The monoisotopic (exact) mass is 338 g/mol. The summed E-state index contributed by atoms with van der Waals surface area (Å²) in [5.41, 5.74) is 3.13. The maximum absolute atomic E-state index is 12.2. The summed E-state index contributed by atoms with van der Waals surface area (Å²) in [6, 6.07) is 15.5. The van der Waals surface area contributed by atoms with Crippen molar-refractivity contribution in [3.05, 3.63) is 59.8 Å². The smallest absolute Gasteiger partial charge is 0.224 e. The summed E-state index contributed by atoms with van der Waals surface area (Å²) < 4.78 is 10.9. The first-order chi connectivity index (χ1) is 12.2. The van der Waals surface area contributed by atoms with Crippen molar-refractivity contribution in [2.75, 3.05) is 20.3 Å². The molecule has 5 nitrogen and oxygen atoms in total. The number of aryl methyl sites for hydroxylation is 1. The molecule has 1 aromatic heterocycles. The number of fused-ring (bicyclic) bond motifs is 1. The van der Waals surface area contributed by atoms with Crippen molar-refractivity contribution in [3.8, 4) is 11.5 Å². The van der Waals surface area contributed by atoms with Crippen LogP contribution in [0.15, 0.2) is 48.5 Å². The number of para-hydroxylation sites is 3. The zero-order valence-corrected chi connectivity index (χ0v) is 14.5. The molecule has 0 aliphatic carbocycles. The van der Waals surface area contributed by atoms with Crippen molar-refractivity contribution in [1.29, 1.82) is 0 Å². The summed E-state index contributed by atoms with van der Waals surface area (Å²) in [4.78, 5) is 15.6. The van der Waals surface area contributed by atoms with Gasteiger partial charge in [-0.3, -0.25) is 4.79 Å². The lowest BCUT2D eigenvalue weighted by molar-refractivity contribution is -0.120. The third-order valence-corrected chi connectivity index (χ3v) is 4.12. The van der Waals surface area contributed by atoms with Crippen LogP contribution in [0, 0.1) is 6.92 Å². The summed E-state index contributed by atoms with van der Waals surface area (Å²) in [6.07, 6.45) is 0.352. The van der Waals surface area contributed by atoms with Crippen LogP contribution in [0.5, 0.6) is 11.5 Å². The van der Waals surface area contributed by atoms with E-state index in [4.69, 9.17) is 9.47 Å². The fraction of sp³-hybridized carbons (Fsp3) is 0.250. The molecule has 0 radical (unpaired) electrons. The molecule has 0 atom stereocenters. The Balaban J connectivity index is 1.52. The Hall–Kier alpha value is -2.95. The Morgan fingerprint density at radius 3 is 2.60 bits per heavy atom. The predicted molar refractivity (Wildman–Crippen MR) is 98.2 cm³/mol. The SMILES string of the molecule is COc1ccccc1OCCNC(=O)Cc1c(C)[nH]c2ccccc12. The van der Waals surface area contributed by atoms with E-state index in [2.05, 4.69) is 10.3 Å². The number of ether oxygens (including phenoxy) is 2. The van der Waals surface area contributed by atoms with Gasteiger partial charge in [-0.15, -0.1) is 0 Å². The van der Waals surface area contributed by atoms with Crippen LogP contribution in [-0.4, -0.2) is 31.2 Å². The molecule has 0 unspecified atom stereocenters. The van der Waals surface area contributed by atoms with Crippen LogP contribution < -0.4 is 14.8 Å². The number of benzene rings is 2. The maximum atomic E-state index is 12.2. The largest absolute Gasteiger partial charge is 0.493 e. The average molecular weight is 338 g/mol. The molecule has 2 N–H and O–H groups in total. The highest BCUT2D eigenvalue weighted by atomic mass is 16.5. The molecule has 1 amide bonds. The van der Waals surface area contributed by atoms with E-state index < -0.39 is 0 Å². The van der Waals surface area contributed by atoms with Crippen molar-refractivity contribution in [2.45, 2.75) is 13.3 Å². The molecule has 0 fully saturated rings. The van der Waals surface area contributed by atoms with Gasteiger partial charge in [0, 0.05) is 16.6 Å². The standard InChI is InChI=1S/C20H22N2O3/c1-14-16(15-7-3-4-8-17(15)22-14)13-20(23)21-11-12-25-19-10-6-5-9-18(19)24-2/h3-10,22H,11-13H2,1-2H3,(H,21,23). The minimum atomic E-state index is -0.0171. The molecular weight excluding hydrogens is 316 g/mol. The van der Waals surface area contributed by atoms with Crippen LogP contribution in [0.2, 0.25) is 0 Å². The minimum Gasteiger partial charge on any atom is -0.493 e. The third-order valence-electron chi connectivity index (χ3n) is 4.12. The van der Waals surface area contributed by atoms with Crippen molar-refractivity contribution < 1.29 is 14.3 Å². The molecule has 3 rings (SSSR count). The first-order valence-electron chi connectivity index (χ1n) is 8.27. The van der Waals surface area contributed by atoms with E-state index in [-0.39, 0.29) is 5.91 Å². The van der Waals surface area contributed by atoms with Gasteiger partial charge < -0.3 is 19.8 Å². The van der Waals surface area contributed by atoms with Crippen molar-refractivity contribution in [2.24, 2.45) is 0 Å². The van der Waals surface area contributed by atoms with Gasteiger partial charge in [0.05, 0.1) is 20.1 Å². The second-order valence-electron chi connectivity index (χ2n) is 5.80. The Kier molecular flexibility index (Phi) is 5.23. The molecule has 5 heteroatoms. The highest BCUT2D eigenvalue weighted by molar-refractivity contribution is 5.90. The molecule has 0 saturated heterocycles. The molecule has 1 heterocycles. The number of hydrogen-bond acceptors (Lipinski definition) is 3. The van der Waals surface area contributed by atoms with Crippen LogP contribution in [0.25, 0.3) is 10.9 Å². The average Bonchev–Trinajstić information content (AvgIpc) is 2.94. The number of aromatic amines is 1. The van der Waals surface area contributed by atoms with E-state index in [9.17, 15) is 4.79 Å². The number of nitrogens with one attached hydrogen (secondary N) is 2. The Morgan fingerprint density at radius 2 is 1.80 bits per heavy atom. The Morgan fingerprint density at radius 1 is 1.08 bits per heavy atom. The van der Waals surface area contributed by atoms with Gasteiger partial charge in [0.25, 0.3) is 0 Å². The van der Waals surface area contributed by atoms with Gasteiger partial charge in [-0.05, 0) is 30.7 Å². The number of methoxy groups -OCH3 is 1. The first-order valence-corrected chi connectivity index (χ1v) is 8.27. The van der Waals surface area contributed by atoms with Crippen molar-refractivity contribution in [3.63, 3.8) is 0 Å². The lowest BCUT2D eigenvalue weighted by atomic mass is 10.1. The zero-order valence-electron chi connectivity index (χ0n) is 14.5. The summed E-state index contributed by atoms with van der Waals surface area (Å²) >= 11 is 0. The Labute approximate surface area is 147 Å². The molecule has 25 heavy (non-hydrogen) atoms. The molecule has 3 aromatic rings. The van der Waals surface area contributed by atoms with Gasteiger partial charge in [-0.25, -0.2) is 0 Å². The zero-order chi connectivity index (χ0) is 17.6. The van der Waals surface area contributed by atoms with E-state index in [0.29, 0.717) is 31.1 Å². The highest BCUT2D eigenvalue weighted by Crippen LogP contribution is 2.25. The molecule has 130 valence electrons. The van der Waals surface area contributed by atoms with E-state index in [0.717, 1.165) is 22.2 Å². The van der Waals surface area contributed by atoms with Crippen LogP contribution in [0.4, 0.5) is 0 Å². The molecular formula is C20H22N2O3. The number of amides is 1. The summed E-state index contributed by atoms with van der Waals surface area (Å²) in [5, 5.41) is 4.00. The second kappa shape index (κ2) is 7.75. The second-order valence-corrected chi connectivity index (χ2v) is 5.80. The normalized spacial score (nSPS) is 10.6. The van der Waals surface area contributed by atoms with Gasteiger partial charge in [-0.1, -0.05) is 30.3 Å². The van der Waals surface area contributed by atoms with Gasteiger partial charge in [0.2, 0.25) is 5.91 Å². The van der Waals surface area contributed by atoms with E-state index in [1.165, 1.54) is 0 Å². The first kappa shape index (κ1) is 16.9. The van der Waals surface area contributed by atoms with Gasteiger partial charge >= 0.3 is 0 Å². The number of carbonyl (C=O) groups is 1. The van der Waals surface area contributed by atoms with Crippen molar-refractivity contribution in [1.82, 2.24) is 10.3 Å². The quantitative estimate of drug-likeness (QED) is 0.650. The highest BCUT2D eigenvalue weighted by Gasteiger charge is 2.12. The number of aromatic nitrogens is 1. The molecule has 0 bridgehead atoms. The predicted octanol–water partition coefficient (Wildman–Crippen LogP) is 3.22. The molecule has 0 spiro atoms. The number of hydrogen-bond donors (Lipinski definition) is 2. The third kappa shape index (κ3) is 3.94. The van der Waals surface area contributed by atoms with Gasteiger partial charge in [0.15, 0.2) is 11.5 Å². The van der Waals surface area contributed by atoms with Crippen LogP contribution in [0.1, 0.15) is 11.3 Å². The minimum absolute atomic E-state index is 0.0171. The fourth-order valence-corrected chi connectivity index (χ4v) is 2.88. The van der Waals surface area contributed by atoms with Gasteiger partial charge in [-0.2, -0.15) is 0 Å². The lowest BCUT2D eigenvalue weighted by Gasteiger charge is -2.11. The van der Waals surface area contributed by atoms with E-state index >= 15 is 0 Å². The van der Waals surface area contributed by atoms with E-state index in [1.54, 1.807) is 7.11 Å². The van der Waals surface area contributed by atoms with Crippen molar-refractivity contribution >= 4 is 16.8 Å². The fourth-order valence-electron chi connectivity index (χ4n) is 2.88. The van der Waals surface area contributed by atoms with Crippen LogP contribution in [0.3, 0.4) is 0 Å². The topological polar surface area (TPSA) is 63.4 Å². The summed E-state index contributed by atoms with van der Waals surface area (Å²) in [7, 11) is 1.60.